The van der Waals surface area contributed by atoms with E-state index in [4.69, 9.17) is 10.6 Å². The predicted octanol–water partition coefficient (Wildman–Crippen LogP) is 1.17. The van der Waals surface area contributed by atoms with Crippen molar-refractivity contribution in [3.63, 3.8) is 0 Å². The van der Waals surface area contributed by atoms with Crippen LogP contribution in [0.1, 0.15) is 41.9 Å². The summed E-state index contributed by atoms with van der Waals surface area (Å²) in [4.78, 5) is 60.5. The summed E-state index contributed by atoms with van der Waals surface area (Å²) in [5, 5.41) is 34.9. The number of nitrogens with two attached hydrogens (primary N) is 1. The first-order valence-corrected chi connectivity index (χ1v) is 15.3. The van der Waals surface area contributed by atoms with Crippen LogP contribution >= 0.6 is 46.6 Å². The molecule has 19 heteroatoms. The van der Waals surface area contributed by atoms with Gasteiger partial charge in [-0.25, -0.2) is 9.59 Å². The fourth-order valence-corrected chi connectivity index (χ4v) is 8.15. The molecule has 4 heterocycles. The maximum atomic E-state index is 13.2. The average Bonchev–Trinajstić information content (AvgIpc) is 3.67. The highest BCUT2D eigenvalue weighted by Gasteiger charge is 2.54. The second-order valence-electron chi connectivity index (χ2n) is 8.79. The molecule has 2 atom stereocenters. The molecule has 1 aliphatic carbocycles. The highest BCUT2D eigenvalue weighted by molar-refractivity contribution is 8.02. The number of aromatic carboxylic acids is 1. The zero-order valence-electron chi connectivity index (χ0n) is 20.3. The van der Waals surface area contributed by atoms with Crippen molar-refractivity contribution >= 4 is 81.2 Å². The molecule has 2 fully saturated rings. The number of carbonyl (C=O) groups is 4. The summed E-state index contributed by atoms with van der Waals surface area (Å²) in [7, 11) is 0. The van der Waals surface area contributed by atoms with E-state index in [9.17, 15) is 34.5 Å². The van der Waals surface area contributed by atoms with Crippen LogP contribution in [0.3, 0.4) is 0 Å². The molecule has 3 aliphatic rings. The number of fused-ring (bicyclic) bond motifs is 1. The fraction of sp³-hybridized carbons (Fsp3) is 0.429. The molecular weight excluding hydrogens is 607 g/mol. The Morgan fingerprint density at radius 3 is 2.58 bits per heavy atom. The van der Waals surface area contributed by atoms with Crippen LogP contribution in [0.15, 0.2) is 20.6 Å². The van der Waals surface area contributed by atoms with Gasteiger partial charge in [0.25, 0.3) is 11.8 Å². The number of hydrogen-bond acceptors (Lipinski definition) is 15. The van der Waals surface area contributed by atoms with E-state index in [1.165, 1.54) is 11.8 Å². The molecule has 6 N–H and O–H groups in total. The van der Waals surface area contributed by atoms with E-state index in [1.54, 1.807) is 0 Å². The Morgan fingerprint density at radius 1 is 1.18 bits per heavy atom. The summed E-state index contributed by atoms with van der Waals surface area (Å²) in [5.74, 6) is -4.49. The van der Waals surface area contributed by atoms with E-state index >= 15 is 0 Å². The maximum Gasteiger partial charge on any atom is 0.352 e. The summed E-state index contributed by atoms with van der Waals surface area (Å²) in [6, 6.07) is -1.04. The smallest absolute Gasteiger partial charge is 0.352 e. The number of amides is 2. The number of aliphatic carboxylic acids is 1. The molecule has 0 aromatic carbocycles. The summed E-state index contributed by atoms with van der Waals surface area (Å²) in [6.07, 6.45) is 3.43. The van der Waals surface area contributed by atoms with E-state index in [0.717, 1.165) is 65.4 Å². The SMILES string of the molecule is Nc1nc(/C(=N\OC2CCCC2)C(=O)NC2C(=O)N3C(C(=O)O)=C(CSc4snc(O)c4C(=O)O)CS[C@H]23)ns1. The van der Waals surface area contributed by atoms with Crippen LogP contribution in [0, 0.1) is 0 Å². The topological polar surface area (TPSA) is 231 Å². The number of rotatable bonds is 10. The van der Waals surface area contributed by atoms with Gasteiger partial charge >= 0.3 is 11.9 Å². The largest absolute Gasteiger partial charge is 0.492 e. The Kier molecular flexibility index (Phi) is 8.15. The number of anilines is 1. The van der Waals surface area contributed by atoms with Crippen LogP contribution in [-0.2, 0) is 19.2 Å². The van der Waals surface area contributed by atoms with Crippen LogP contribution in [-0.4, -0.2) is 92.4 Å². The summed E-state index contributed by atoms with van der Waals surface area (Å²) in [5.41, 5.74) is 5.23. The first kappa shape index (κ1) is 28.1. The molecular formula is C21H21N7O8S4. The van der Waals surface area contributed by atoms with Crippen molar-refractivity contribution in [2.75, 3.05) is 17.2 Å². The second-order valence-corrected chi connectivity index (χ2v) is 12.7. The number of hydrogen-bond donors (Lipinski definition) is 5. The van der Waals surface area contributed by atoms with Gasteiger partial charge in [0.1, 0.15) is 28.8 Å². The predicted molar refractivity (Wildman–Crippen MR) is 145 cm³/mol. The lowest BCUT2D eigenvalue weighted by molar-refractivity contribution is -0.150. The van der Waals surface area contributed by atoms with Crippen molar-refractivity contribution in [1.82, 2.24) is 23.9 Å². The highest BCUT2D eigenvalue weighted by Crippen LogP contribution is 2.43. The van der Waals surface area contributed by atoms with Gasteiger partial charge in [0.05, 0.1) is 4.21 Å². The van der Waals surface area contributed by atoms with Gasteiger partial charge in [-0.2, -0.15) is 13.7 Å². The number of nitrogens with zero attached hydrogens (tertiary/aromatic N) is 5. The minimum Gasteiger partial charge on any atom is -0.492 e. The Hall–Kier alpha value is -3.42. The number of carboxylic acids is 2. The average molecular weight is 628 g/mol. The zero-order chi connectivity index (χ0) is 28.6. The molecule has 15 nitrogen and oxygen atoms in total. The molecule has 2 aromatic heterocycles. The molecule has 0 spiro atoms. The molecule has 1 unspecified atom stereocenters. The normalized spacial score (nSPS) is 21.2. The monoisotopic (exact) mass is 627 g/mol. The lowest BCUT2D eigenvalue weighted by atomic mass is 10.0. The van der Waals surface area contributed by atoms with E-state index in [0.29, 0.717) is 5.57 Å². The number of thioether (sulfide) groups is 2. The Morgan fingerprint density at radius 2 is 1.93 bits per heavy atom. The number of carboxylic acid groups (broad SMARTS) is 2. The molecule has 2 aliphatic heterocycles. The summed E-state index contributed by atoms with van der Waals surface area (Å²) in [6.45, 7) is 0. The van der Waals surface area contributed by atoms with Crippen LogP contribution in [0.5, 0.6) is 5.88 Å². The molecule has 2 amide bonds. The van der Waals surface area contributed by atoms with Crippen LogP contribution in [0.25, 0.3) is 0 Å². The maximum absolute atomic E-state index is 13.2. The third-order valence-corrected chi connectivity index (χ3v) is 10.3. The van der Waals surface area contributed by atoms with Crippen molar-refractivity contribution in [1.29, 1.82) is 0 Å². The van der Waals surface area contributed by atoms with Crippen LogP contribution in [0.2, 0.25) is 0 Å². The Bertz CT molecular complexity index is 1430. The van der Waals surface area contributed by atoms with Crippen molar-refractivity contribution in [2.45, 2.75) is 47.4 Å². The van der Waals surface area contributed by atoms with Crippen molar-refractivity contribution in [3.8, 4) is 5.88 Å². The van der Waals surface area contributed by atoms with E-state index in [-0.39, 0.29) is 49.7 Å². The zero-order valence-corrected chi connectivity index (χ0v) is 23.6. The van der Waals surface area contributed by atoms with Gasteiger partial charge in [0.2, 0.25) is 17.4 Å². The fourth-order valence-electron chi connectivity index (χ4n) is 4.34. The lowest BCUT2D eigenvalue weighted by Crippen LogP contribution is -2.71. The van der Waals surface area contributed by atoms with Gasteiger partial charge in [-0.3, -0.25) is 14.5 Å². The Labute approximate surface area is 242 Å². The molecule has 0 bridgehead atoms. The van der Waals surface area contributed by atoms with Crippen LogP contribution < -0.4 is 11.1 Å². The van der Waals surface area contributed by atoms with Crippen molar-refractivity contribution in [2.24, 2.45) is 5.16 Å². The number of β-lactam (4-membered cyclic amide) rings is 1. The number of nitrogen functional groups attached to an aromatic ring is 1. The van der Waals surface area contributed by atoms with Crippen molar-refractivity contribution < 1.29 is 39.3 Å². The molecule has 0 radical (unpaired) electrons. The van der Waals surface area contributed by atoms with Gasteiger partial charge in [-0.15, -0.1) is 23.5 Å². The number of carbonyl (C=O) groups excluding carboxylic acids is 2. The Balaban J connectivity index is 1.31. The molecule has 212 valence electrons. The van der Waals surface area contributed by atoms with Crippen molar-refractivity contribution in [3.05, 3.63) is 22.7 Å². The summed E-state index contributed by atoms with van der Waals surface area (Å²) < 4.78 is 7.87. The van der Waals surface area contributed by atoms with E-state index in [2.05, 4.69) is 24.2 Å². The minimum absolute atomic E-state index is 0.0433. The lowest BCUT2D eigenvalue weighted by Gasteiger charge is -2.49. The van der Waals surface area contributed by atoms with Gasteiger partial charge in [0, 0.05) is 23.0 Å². The van der Waals surface area contributed by atoms with Crippen LogP contribution in [0.4, 0.5) is 5.13 Å². The molecule has 1 saturated heterocycles. The molecule has 5 rings (SSSR count). The molecule has 2 aromatic rings. The van der Waals surface area contributed by atoms with E-state index in [1.807, 2.05) is 0 Å². The second kappa shape index (κ2) is 11.6. The molecule has 40 heavy (non-hydrogen) atoms. The number of oxime groups is 1. The van der Waals surface area contributed by atoms with Gasteiger partial charge in [-0.05, 0) is 42.8 Å². The minimum atomic E-state index is -1.36. The van der Waals surface area contributed by atoms with Gasteiger partial charge < -0.3 is 31.2 Å². The first-order valence-electron chi connectivity index (χ1n) is 11.7. The molecule has 1 saturated carbocycles. The van der Waals surface area contributed by atoms with Gasteiger partial charge in [-0.1, -0.05) is 5.16 Å². The number of nitrogens with one attached hydrogen (secondary N) is 1. The number of aromatic hydroxyl groups is 1. The standard InChI is InChI=1S/C21H21N7O8S4/c22-21-24-13(26-40-21)10(25-36-8-3-1-2-4-8)15(30)23-11-16(31)28-12(19(34)35)7(5-37-17(11)28)6-38-20-9(18(32)33)14(29)27-39-20/h8,11,17H,1-6H2,(H,23,30)(H,27,29)(H,32,33)(H,34,35)(H2,22,24,26)/b25-10+/t11?,17-/m1/s1. The summed E-state index contributed by atoms with van der Waals surface area (Å²) >= 11 is 3.91. The highest BCUT2D eigenvalue weighted by atomic mass is 32.2. The first-order chi connectivity index (χ1) is 19.2. The third kappa shape index (κ3) is 5.45. The number of aromatic nitrogens is 3. The van der Waals surface area contributed by atoms with E-state index < -0.39 is 41.0 Å². The van der Waals surface area contributed by atoms with Gasteiger partial charge in [0.15, 0.2) is 5.13 Å². The quantitative estimate of drug-likeness (QED) is 0.108. The third-order valence-electron chi connectivity index (χ3n) is 6.23.